The molecule has 0 bridgehead atoms. The summed E-state index contributed by atoms with van der Waals surface area (Å²) >= 11 is 0. The van der Waals surface area contributed by atoms with E-state index in [1.807, 2.05) is 0 Å². The summed E-state index contributed by atoms with van der Waals surface area (Å²) < 4.78 is 31.7. The molecule has 3 nitrogen and oxygen atoms in total. The standard InChI is InChI=1S/C12H21F2NO2/c13-12(14,9-16)8-15-10-3-6-17-11(7-10)4-1-2-5-11/h10,15-16H,1-9H2. The zero-order valence-electron chi connectivity index (χ0n) is 10.1. The molecule has 2 fully saturated rings. The van der Waals surface area contributed by atoms with Gasteiger partial charge in [-0.2, -0.15) is 0 Å². The lowest BCUT2D eigenvalue weighted by molar-refractivity contribution is -0.0915. The van der Waals surface area contributed by atoms with Gasteiger partial charge in [-0.3, -0.25) is 0 Å². The molecule has 2 rings (SSSR count). The number of alkyl halides is 2. The highest BCUT2D eigenvalue weighted by Gasteiger charge is 2.40. The molecule has 1 unspecified atom stereocenters. The average Bonchev–Trinajstić information content (AvgIpc) is 2.75. The van der Waals surface area contributed by atoms with Crippen LogP contribution < -0.4 is 5.32 Å². The van der Waals surface area contributed by atoms with E-state index in [1.165, 1.54) is 12.8 Å². The Morgan fingerprint density at radius 3 is 2.71 bits per heavy atom. The predicted octanol–water partition coefficient (Wildman–Crippen LogP) is 1.70. The van der Waals surface area contributed by atoms with Crippen LogP contribution in [-0.2, 0) is 4.74 Å². The molecule has 100 valence electrons. The summed E-state index contributed by atoms with van der Waals surface area (Å²) in [6.07, 6.45) is 6.08. The largest absolute Gasteiger partial charge is 0.390 e. The van der Waals surface area contributed by atoms with Crippen molar-refractivity contribution in [3.05, 3.63) is 0 Å². The molecular formula is C12H21F2NO2. The lowest BCUT2D eigenvalue weighted by atomic mass is 9.89. The molecule has 2 aliphatic rings. The van der Waals surface area contributed by atoms with Crippen LogP contribution in [0, 0.1) is 0 Å². The summed E-state index contributed by atoms with van der Waals surface area (Å²) in [4.78, 5) is 0. The maximum atomic E-state index is 12.9. The molecule has 1 heterocycles. The van der Waals surface area contributed by atoms with Gasteiger partial charge in [0.2, 0.25) is 0 Å². The minimum absolute atomic E-state index is 0.0512. The third-order valence-corrected chi connectivity index (χ3v) is 3.89. The fraction of sp³-hybridized carbons (Fsp3) is 1.00. The van der Waals surface area contributed by atoms with Crippen LogP contribution in [0.1, 0.15) is 38.5 Å². The topological polar surface area (TPSA) is 41.5 Å². The molecule has 1 aliphatic carbocycles. The Hall–Kier alpha value is -0.260. The first kappa shape index (κ1) is 13.2. The molecule has 2 N–H and O–H groups in total. The molecule has 1 spiro atoms. The zero-order chi connectivity index (χ0) is 12.4. The van der Waals surface area contributed by atoms with Crippen molar-refractivity contribution >= 4 is 0 Å². The SMILES string of the molecule is OCC(F)(F)CNC1CCOC2(CCCC2)C1. The third kappa shape index (κ3) is 3.36. The second-order valence-corrected chi connectivity index (χ2v) is 5.32. The van der Waals surface area contributed by atoms with Crippen molar-refractivity contribution in [1.82, 2.24) is 5.32 Å². The molecule has 0 radical (unpaired) electrons. The average molecular weight is 249 g/mol. The van der Waals surface area contributed by atoms with Crippen molar-refractivity contribution in [3.8, 4) is 0 Å². The minimum atomic E-state index is -3.01. The number of hydrogen-bond donors (Lipinski definition) is 2. The number of aliphatic hydroxyl groups excluding tert-OH is 1. The van der Waals surface area contributed by atoms with E-state index in [4.69, 9.17) is 9.84 Å². The Morgan fingerprint density at radius 1 is 1.35 bits per heavy atom. The molecule has 5 heteroatoms. The van der Waals surface area contributed by atoms with E-state index in [1.54, 1.807) is 0 Å². The first-order valence-electron chi connectivity index (χ1n) is 6.41. The molecule has 0 aromatic carbocycles. The fourth-order valence-corrected chi connectivity index (χ4v) is 2.92. The van der Waals surface area contributed by atoms with Crippen LogP contribution >= 0.6 is 0 Å². The molecule has 17 heavy (non-hydrogen) atoms. The van der Waals surface area contributed by atoms with Crippen molar-refractivity contribution in [2.45, 2.75) is 56.1 Å². The number of halogens is 2. The van der Waals surface area contributed by atoms with Crippen molar-refractivity contribution in [2.75, 3.05) is 19.8 Å². The molecule has 1 aliphatic heterocycles. The van der Waals surface area contributed by atoms with E-state index in [2.05, 4.69) is 5.32 Å². The maximum absolute atomic E-state index is 12.9. The third-order valence-electron chi connectivity index (χ3n) is 3.89. The predicted molar refractivity (Wildman–Crippen MR) is 60.2 cm³/mol. The van der Waals surface area contributed by atoms with Gasteiger partial charge in [0, 0.05) is 12.6 Å². The van der Waals surface area contributed by atoms with Gasteiger partial charge in [-0.25, -0.2) is 8.78 Å². The van der Waals surface area contributed by atoms with E-state index in [0.717, 1.165) is 25.7 Å². The Labute approximate surface area is 101 Å². The Kier molecular flexibility index (Phi) is 4.00. The van der Waals surface area contributed by atoms with Gasteiger partial charge in [-0.05, 0) is 25.7 Å². The summed E-state index contributed by atoms with van der Waals surface area (Å²) in [7, 11) is 0. The lowest BCUT2D eigenvalue weighted by Gasteiger charge is -2.39. The normalized spacial score (nSPS) is 28.8. The van der Waals surface area contributed by atoms with Crippen LogP contribution in [0.3, 0.4) is 0 Å². The van der Waals surface area contributed by atoms with E-state index in [9.17, 15) is 8.78 Å². The smallest absolute Gasteiger partial charge is 0.282 e. The van der Waals surface area contributed by atoms with E-state index >= 15 is 0 Å². The van der Waals surface area contributed by atoms with Gasteiger partial charge in [0.1, 0.15) is 6.61 Å². The first-order valence-corrected chi connectivity index (χ1v) is 6.41. The van der Waals surface area contributed by atoms with Crippen molar-refractivity contribution in [3.63, 3.8) is 0 Å². The highest BCUT2D eigenvalue weighted by Crippen LogP contribution is 2.40. The summed E-state index contributed by atoms with van der Waals surface area (Å²) in [6.45, 7) is -0.874. The number of nitrogens with one attached hydrogen (secondary N) is 1. The van der Waals surface area contributed by atoms with Crippen LogP contribution in [0.5, 0.6) is 0 Å². The minimum Gasteiger partial charge on any atom is -0.390 e. The highest BCUT2D eigenvalue weighted by molar-refractivity contribution is 4.93. The Morgan fingerprint density at radius 2 is 2.06 bits per heavy atom. The molecule has 1 saturated heterocycles. The Bertz CT molecular complexity index is 255. The Balaban J connectivity index is 1.81. The maximum Gasteiger partial charge on any atom is 0.282 e. The quantitative estimate of drug-likeness (QED) is 0.796. The van der Waals surface area contributed by atoms with Gasteiger partial charge < -0.3 is 15.2 Å². The van der Waals surface area contributed by atoms with Crippen molar-refractivity contribution in [2.24, 2.45) is 0 Å². The number of rotatable bonds is 4. The van der Waals surface area contributed by atoms with Gasteiger partial charge in [0.25, 0.3) is 5.92 Å². The molecule has 0 amide bonds. The summed E-state index contributed by atoms with van der Waals surface area (Å²) in [6, 6.07) is 0.0966. The van der Waals surface area contributed by atoms with E-state index < -0.39 is 19.1 Å². The molecule has 0 aromatic rings. The molecular weight excluding hydrogens is 228 g/mol. The highest BCUT2D eigenvalue weighted by atomic mass is 19.3. The number of aliphatic hydroxyl groups is 1. The lowest BCUT2D eigenvalue weighted by Crippen LogP contribution is -2.49. The number of ether oxygens (including phenoxy) is 1. The van der Waals surface area contributed by atoms with E-state index in [-0.39, 0.29) is 11.6 Å². The monoisotopic (exact) mass is 249 g/mol. The van der Waals surface area contributed by atoms with E-state index in [0.29, 0.717) is 6.61 Å². The number of hydrogen-bond acceptors (Lipinski definition) is 3. The van der Waals surface area contributed by atoms with Crippen molar-refractivity contribution < 1.29 is 18.6 Å². The van der Waals surface area contributed by atoms with Gasteiger partial charge in [-0.1, -0.05) is 12.8 Å². The van der Waals surface area contributed by atoms with Crippen LogP contribution in [0.25, 0.3) is 0 Å². The van der Waals surface area contributed by atoms with Crippen LogP contribution in [0.4, 0.5) is 8.78 Å². The second-order valence-electron chi connectivity index (χ2n) is 5.32. The van der Waals surface area contributed by atoms with Crippen LogP contribution in [0.2, 0.25) is 0 Å². The molecule has 1 saturated carbocycles. The zero-order valence-corrected chi connectivity index (χ0v) is 10.1. The summed E-state index contributed by atoms with van der Waals surface area (Å²) in [5, 5.41) is 11.4. The van der Waals surface area contributed by atoms with Gasteiger partial charge >= 0.3 is 0 Å². The second kappa shape index (κ2) is 5.16. The van der Waals surface area contributed by atoms with Crippen LogP contribution in [0.15, 0.2) is 0 Å². The first-order chi connectivity index (χ1) is 8.05. The summed E-state index contributed by atoms with van der Waals surface area (Å²) in [5.74, 6) is -3.01. The van der Waals surface area contributed by atoms with Gasteiger partial charge in [0.15, 0.2) is 0 Å². The van der Waals surface area contributed by atoms with Crippen LogP contribution in [-0.4, -0.2) is 42.4 Å². The fourth-order valence-electron chi connectivity index (χ4n) is 2.92. The van der Waals surface area contributed by atoms with Crippen molar-refractivity contribution in [1.29, 1.82) is 0 Å². The van der Waals surface area contributed by atoms with Gasteiger partial charge in [0.05, 0.1) is 12.1 Å². The van der Waals surface area contributed by atoms with Gasteiger partial charge in [-0.15, -0.1) is 0 Å². The summed E-state index contributed by atoms with van der Waals surface area (Å²) in [5.41, 5.74) is -0.0512. The molecule has 1 atom stereocenters. The molecule has 0 aromatic heterocycles.